The van der Waals surface area contributed by atoms with E-state index in [4.69, 9.17) is 4.98 Å². The Morgan fingerprint density at radius 1 is 1.37 bits per heavy atom. The maximum absolute atomic E-state index is 12.7. The number of carbonyl (C=O) groups excluding carboxylic acids is 1. The molecule has 1 N–H and O–H groups in total. The van der Waals surface area contributed by atoms with Crippen LogP contribution < -0.4 is 10.2 Å². The van der Waals surface area contributed by atoms with Crippen molar-refractivity contribution in [3.8, 4) is 0 Å². The van der Waals surface area contributed by atoms with Gasteiger partial charge in [-0.3, -0.25) is 9.48 Å². The monoisotopic (exact) mass is 383 g/mol. The second-order valence-corrected chi connectivity index (χ2v) is 8.12. The summed E-state index contributed by atoms with van der Waals surface area (Å²) in [5.74, 6) is -0.0222. The van der Waals surface area contributed by atoms with Crippen molar-refractivity contribution in [1.29, 1.82) is 0 Å². The van der Waals surface area contributed by atoms with E-state index in [0.29, 0.717) is 5.56 Å². The third-order valence-corrected chi connectivity index (χ3v) is 6.05. The van der Waals surface area contributed by atoms with Crippen molar-refractivity contribution in [2.75, 3.05) is 18.0 Å². The van der Waals surface area contributed by atoms with E-state index in [9.17, 15) is 4.79 Å². The fourth-order valence-electron chi connectivity index (χ4n) is 3.61. The number of para-hydroxylation sites is 1. The lowest BCUT2D eigenvalue weighted by Gasteiger charge is -2.32. The molecule has 3 aromatic rings. The molecule has 2 aromatic heterocycles. The van der Waals surface area contributed by atoms with Crippen LogP contribution >= 0.6 is 11.3 Å². The number of amides is 1. The van der Waals surface area contributed by atoms with E-state index < -0.39 is 0 Å². The van der Waals surface area contributed by atoms with Crippen LogP contribution in [0.1, 0.15) is 42.2 Å². The van der Waals surface area contributed by atoms with Gasteiger partial charge >= 0.3 is 0 Å². The number of nitrogens with zero attached hydrogens (tertiary/aromatic N) is 4. The molecule has 1 aliphatic rings. The summed E-state index contributed by atoms with van der Waals surface area (Å²) in [6.07, 6.45) is 4.91. The Bertz CT molecular complexity index is 914. The molecule has 1 atom stereocenters. The summed E-state index contributed by atoms with van der Waals surface area (Å²) < 4.78 is 3.07. The number of aryl methyl sites for hydroxylation is 2. The van der Waals surface area contributed by atoms with Crippen molar-refractivity contribution >= 4 is 32.6 Å². The van der Waals surface area contributed by atoms with Gasteiger partial charge in [0.2, 0.25) is 0 Å². The molecular formula is C20H25N5OS. The predicted octanol–water partition coefficient (Wildman–Crippen LogP) is 3.61. The summed E-state index contributed by atoms with van der Waals surface area (Å²) >= 11 is 1.72. The number of rotatable bonds is 5. The first-order valence-corrected chi connectivity index (χ1v) is 10.4. The third kappa shape index (κ3) is 3.83. The van der Waals surface area contributed by atoms with Gasteiger partial charge in [-0.05, 0) is 38.3 Å². The van der Waals surface area contributed by atoms with Crippen LogP contribution in [0.15, 0.2) is 30.5 Å². The SMILES string of the molecule is CCCn1cc(C(=O)N[C@@H]2CCCN(c3nc4ccccc4s3)C2)c(C)n1. The Balaban J connectivity index is 1.44. The maximum Gasteiger partial charge on any atom is 0.255 e. The number of piperidine rings is 1. The van der Waals surface area contributed by atoms with Crippen molar-refractivity contribution in [2.45, 2.75) is 45.7 Å². The second-order valence-electron chi connectivity index (χ2n) is 7.11. The van der Waals surface area contributed by atoms with E-state index in [1.54, 1.807) is 11.3 Å². The van der Waals surface area contributed by atoms with Crippen LogP contribution in [0.25, 0.3) is 10.2 Å². The molecule has 0 unspecified atom stereocenters. The molecule has 27 heavy (non-hydrogen) atoms. The summed E-state index contributed by atoms with van der Waals surface area (Å²) in [5, 5.41) is 8.69. The Labute approximate surface area is 163 Å². The van der Waals surface area contributed by atoms with Gasteiger partial charge in [0.25, 0.3) is 5.91 Å². The first kappa shape index (κ1) is 18.0. The molecule has 0 spiro atoms. The minimum Gasteiger partial charge on any atom is -0.347 e. The van der Waals surface area contributed by atoms with E-state index in [1.807, 2.05) is 29.9 Å². The lowest BCUT2D eigenvalue weighted by atomic mass is 10.1. The zero-order valence-electron chi connectivity index (χ0n) is 15.8. The fourth-order valence-corrected chi connectivity index (χ4v) is 4.61. The Morgan fingerprint density at radius 3 is 3.04 bits per heavy atom. The number of hydrogen-bond acceptors (Lipinski definition) is 5. The van der Waals surface area contributed by atoms with E-state index in [1.165, 1.54) is 4.70 Å². The summed E-state index contributed by atoms with van der Waals surface area (Å²) in [6, 6.07) is 8.36. The highest BCUT2D eigenvalue weighted by molar-refractivity contribution is 7.22. The highest BCUT2D eigenvalue weighted by Gasteiger charge is 2.25. The number of hydrogen-bond donors (Lipinski definition) is 1. The van der Waals surface area contributed by atoms with Crippen molar-refractivity contribution in [2.24, 2.45) is 0 Å². The maximum atomic E-state index is 12.7. The molecular weight excluding hydrogens is 358 g/mol. The van der Waals surface area contributed by atoms with Crippen molar-refractivity contribution < 1.29 is 4.79 Å². The molecule has 0 radical (unpaired) electrons. The number of fused-ring (bicyclic) bond motifs is 1. The highest BCUT2D eigenvalue weighted by Crippen LogP contribution is 2.30. The van der Waals surface area contributed by atoms with Crippen LogP contribution in [-0.4, -0.2) is 39.8 Å². The molecule has 6 nitrogen and oxygen atoms in total. The standard InChI is InChI=1S/C20H25N5OS/c1-3-10-25-13-16(14(2)23-25)19(26)21-15-7-6-11-24(12-15)20-22-17-8-4-5-9-18(17)27-20/h4-5,8-9,13,15H,3,6-7,10-12H2,1-2H3,(H,21,26)/t15-/m1/s1. The molecule has 1 saturated heterocycles. The number of benzene rings is 1. The Kier molecular flexibility index (Phi) is 5.11. The van der Waals surface area contributed by atoms with Crippen molar-refractivity contribution in [1.82, 2.24) is 20.1 Å². The van der Waals surface area contributed by atoms with E-state index in [-0.39, 0.29) is 11.9 Å². The molecule has 0 saturated carbocycles. The average Bonchev–Trinajstić information content (AvgIpc) is 3.25. The lowest BCUT2D eigenvalue weighted by molar-refractivity contribution is 0.0932. The molecule has 3 heterocycles. The smallest absolute Gasteiger partial charge is 0.255 e. The predicted molar refractivity (Wildman–Crippen MR) is 110 cm³/mol. The van der Waals surface area contributed by atoms with Gasteiger partial charge in [0.15, 0.2) is 5.13 Å². The van der Waals surface area contributed by atoms with Crippen LogP contribution in [0.2, 0.25) is 0 Å². The summed E-state index contributed by atoms with van der Waals surface area (Å²) in [4.78, 5) is 19.8. The number of anilines is 1. The Morgan fingerprint density at radius 2 is 2.22 bits per heavy atom. The molecule has 1 aliphatic heterocycles. The van der Waals surface area contributed by atoms with E-state index in [0.717, 1.165) is 55.2 Å². The van der Waals surface area contributed by atoms with Crippen LogP contribution in [0.3, 0.4) is 0 Å². The molecule has 1 amide bonds. The van der Waals surface area contributed by atoms with Gasteiger partial charge in [0.1, 0.15) is 0 Å². The summed E-state index contributed by atoms with van der Waals surface area (Å²) in [7, 11) is 0. The third-order valence-electron chi connectivity index (χ3n) is 4.95. The zero-order valence-corrected chi connectivity index (χ0v) is 16.6. The molecule has 0 bridgehead atoms. The quantitative estimate of drug-likeness (QED) is 0.731. The first-order chi connectivity index (χ1) is 13.1. The minimum atomic E-state index is -0.0222. The topological polar surface area (TPSA) is 63.1 Å². The van der Waals surface area contributed by atoms with Crippen molar-refractivity contribution in [3.05, 3.63) is 41.7 Å². The number of thiazole rings is 1. The van der Waals surface area contributed by atoms with Gasteiger partial charge in [0, 0.05) is 31.9 Å². The number of aromatic nitrogens is 3. The normalized spacial score (nSPS) is 17.4. The van der Waals surface area contributed by atoms with Crippen LogP contribution in [-0.2, 0) is 6.54 Å². The largest absolute Gasteiger partial charge is 0.347 e. The first-order valence-electron chi connectivity index (χ1n) is 9.59. The second kappa shape index (κ2) is 7.68. The number of nitrogens with one attached hydrogen (secondary N) is 1. The molecule has 1 aromatic carbocycles. The van der Waals surface area contributed by atoms with Gasteiger partial charge in [-0.1, -0.05) is 30.4 Å². The van der Waals surface area contributed by atoms with Crippen LogP contribution in [0.5, 0.6) is 0 Å². The van der Waals surface area contributed by atoms with Crippen LogP contribution in [0.4, 0.5) is 5.13 Å². The van der Waals surface area contributed by atoms with Gasteiger partial charge in [-0.15, -0.1) is 0 Å². The van der Waals surface area contributed by atoms with Crippen LogP contribution in [0, 0.1) is 6.92 Å². The molecule has 4 rings (SSSR count). The molecule has 7 heteroatoms. The molecule has 142 valence electrons. The van der Waals surface area contributed by atoms with E-state index >= 15 is 0 Å². The van der Waals surface area contributed by atoms with Crippen molar-refractivity contribution in [3.63, 3.8) is 0 Å². The number of carbonyl (C=O) groups is 1. The minimum absolute atomic E-state index is 0.0222. The lowest BCUT2D eigenvalue weighted by Crippen LogP contribution is -2.47. The average molecular weight is 384 g/mol. The Hall–Kier alpha value is -2.41. The molecule has 0 aliphatic carbocycles. The van der Waals surface area contributed by atoms with Gasteiger partial charge in [-0.2, -0.15) is 5.10 Å². The summed E-state index contributed by atoms with van der Waals surface area (Å²) in [5.41, 5.74) is 2.52. The van der Waals surface area contributed by atoms with Gasteiger partial charge in [0.05, 0.1) is 21.5 Å². The van der Waals surface area contributed by atoms with Gasteiger partial charge in [-0.25, -0.2) is 4.98 Å². The zero-order chi connectivity index (χ0) is 18.8. The summed E-state index contributed by atoms with van der Waals surface area (Å²) in [6.45, 7) is 6.63. The highest BCUT2D eigenvalue weighted by atomic mass is 32.1. The van der Waals surface area contributed by atoms with E-state index in [2.05, 4.69) is 34.4 Å². The molecule has 1 fully saturated rings. The fraction of sp³-hybridized carbons (Fsp3) is 0.450. The van der Waals surface area contributed by atoms with Gasteiger partial charge < -0.3 is 10.2 Å².